The average Bonchev–Trinajstić information content (AvgIpc) is 3.82. The molecular weight excluding hydrogens is 595 g/mol. The van der Waals surface area contributed by atoms with Crippen molar-refractivity contribution in [3.8, 4) is 17.2 Å². The third-order valence-electron chi connectivity index (χ3n) is 9.49. The molecule has 6 aromatic carbocycles. The minimum Gasteiger partial charge on any atom is -0.292 e. The highest BCUT2D eigenvalue weighted by Gasteiger charge is 2.23. The molecule has 0 unspecified atom stereocenters. The van der Waals surface area contributed by atoms with Gasteiger partial charge in [0.1, 0.15) is 11.5 Å². The zero-order valence-electron chi connectivity index (χ0n) is 24.9. The van der Waals surface area contributed by atoms with Crippen LogP contribution in [0.2, 0.25) is 0 Å². The minimum absolute atomic E-state index is 0.714. The van der Waals surface area contributed by atoms with Gasteiger partial charge < -0.3 is 0 Å². The fraction of sp³-hybridized carbons (Fsp3) is 0. The van der Waals surface area contributed by atoms with E-state index < -0.39 is 0 Å². The van der Waals surface area contributed by atoms with E-state index >= 15 is 0 Å². The summed E-state index contributed by atoms with van der Waals surface area (Å²) in [5.74, 6) is 1.60. The van der Waals surface area contributed by atoms with Gasteiger partial charge in [-0.15, -0.1) is 11.3 Å². The second-order valence-corrected chi connectivity index (χ2v) is 13.1. The van der Waals surface area contributed by atoms with Crippen molar-refractivity contribution in [1.82, 2.24) is 23.9 Å². The second kappa shape index (κ2) is 9.22. The summed E-state index contributed by atoms with van der Waals surface area (Å²) in [6.07, 6.45) is 0. The minimum atomic E-state index is 0.714. The van der Waals surface area contributed by atoms with Crippen LogP contribution in [0.5, 0.6) is 0 Å². The normalized spacial score (nSPS) is 12.3. The van der Waals surface area contributed by atoms with Crippen LogP contribution < -0.4 is 0 Å². The molecule has 5 aromatic heterocycles. The molecule has 6 heteroatoms. The van der Waals surface area contributed by atoms with Crippen molar-refractivity contribution in [2.75, 3.05) is 0 Å². The van der Waals surface area contributed by atoms with Gasteiger partial charge in [0.15, 0.2) is 5.82 Å². The Labute approximate surface area is 271 Å². The molecule has 5 heterocycles. The third-order valence-corrected chi connectivity index (χ3v) is 10.7. The highest BCUT2D eigenvalue weighted by Crippen LogP contribution is 2.46. The standard InChI is InChI=1S/C41H23N5S/c1-2-12-24(13-3-1)39-42-31-18-8-6-17-29(31)41(44-39)45-33-20-10-7-14-25(33)26-22-23-30-36-37(47-38(30)35(26)45)27-15-4-5-16-28(27)40-43-32-19-9-11-21-34(32)46(36)40/h1-23H. The zero-order chi connectivity index (χ0) is 30.6. The maximum atomic E-state index is 5.35. The van der Waals surface area contributed by atoms with Crippen LogP contribution in [0.15, 0.2) is 140 Å². The van der Waals surface area contributed by atoms with Crippen LogP contribution in [0, 0.1) is 0 Å². The van der Waals surface area contributed by atoms with Gasteiger partial charge in [-0.3, -0.25) is 8.97 Å². The highest BCUT2D eigenvalue weighted by molar-refractivity contribution is 7.27. The van der Waals surface area contributed by atoms with E-state index in [1.807, 2.05) is 29.5 Å². The summed E-state index contributed by atoms with van der Waals surface area (Å²) in [4.78, 5) is 15.5. The van der Waals surface area contributed by atoms with Gasteiger partial charge in [0.25, 0.3) is 0 Å². The summed E-state index contributed by atoms with van der Waals surface area (Å²) in [7, 11) is 0. The number of hydrogen-bond acceptors (Lipinski definition) is 4. The Bertz CT molecular complexity index is 3080. The number of imidazole rings is 1. The lowest BCUT2D eigenvalue weighted by atomic mass is 10.1. The van der Waals surface area contributed by atoms with Crippen molar-refractivity contribution >= 4 is 91.8 Å². The van der Waals surface area contributed by atoms with Gasteiger partial charge in [-0.1, -0.05) is 109 Å². The first-order valence-corrected chi connectivity index (χ1v) is 16.5. The number of nitrogens with zero attached hydrogens (tertiary/aromatic N) is 5. The van der Waals surface area contributed by atoms with E-state index in [9.17, 15) is 0 Å². The molecule has 218 valence electrons. The monoisotopic (exact) mass is 617 g/mol. The van der Waals surface area contributed by atoms with Crippen LogP contribution in [-0.2, 0) is 0 Å². The maximum absolute atomic E-state index is 5.35. The fourth-order valence-electron chi connectivity index (χ4n) is 7.47. The molecule has 0 N–H and O–H groups in total. The van der Waals surface area contributed by atoms with Crippen LogP contribution in [0.4, 0.5) is 0 Å². The largest absolute Gasteiger partial charge is 0.292 e. The molecule has 47 heavy (non-hydrogen) atoms. The summed E-state index contributed by atoms with van der Waals surface area (Å²) >= 11 is 1.86. The molecule has 0 aliphatic heterocycles. The number of hydrogen-bond donors (Lipinski definition) is 0. The molecule has 0 bridgehead atoms. The van der Waals surface area contributed by atoms with Gasteiger partial charge in [-0.05, 0) is 30.3 Å². The van der Waals surface area contributed by atoms with Crippen LogP contribution in [0.25, 0.3) is 97.7 Å². The van der Waals surface area contributed by atoms with E-state index in [0.29, 0.717) is 5.82 Å². The molecule has 0 aliphatic carbocycles. The van der Waals surface area contributed by atoms with Crippen LogP contribution in [-0.4, -0.2) is 23.9 Å². The predicted octanol–water partition coefficient (Wildman–Crippen LogP) is 10.7. The smallest absolute Gasteiger partial charge is 0.162 e. The summed E-state index contributed by atoms with van der Waals surface area (Å²) < 4.78 is 7.24. The average molecular weight is 618 g/mol. The number of thiophene rings is 1. The van der Waals surface area contributed by atoms with Crippen molar-refractivity contribution in [1.29, 1.82) is 0 Å². The fourth-order valence-corrected chi connectivity index (χ4v) is 8.83. The quantitative estimate of drug-likeness (QED) is 0.194. The van der Waals surface area contributed by atoms with Crippen molar-refractivity contribution < 1.29 is 0 Å². The van der Waals surface area contributed by atoms with Crippen molar-refractivity contribution in [3.05, 3.63) is 140 Å². The Morgan fingerprint density at radius 3 is 1.91 bits per heavy atom. The van der Waals surface area contributed by atoms with Gasteiger partial charge in [0.05, 0.1) is 42.5 Å². The molecule has 5 nitrogen and oxygen atoms in total. The topological polar surface area (TPSA) is 48.0 Å². The number of pyridine rings is 1. The number of fused-ring (bicyclic) bond motifs is 15. The first-order chi connectivity index (χ1) is 23.3. The molecule has 0 spiro atoms. The van der Waals surface area contributed by atoms with Gasteiger partial charge >= 0.3 is 0 Å². The summed E-state index contributed by atoms with van der Waals surface area (Å²) in [6.45, 7) is 0. The lowest BCUT2D eigenvalue weighted by molar-refractivity contribution is 1.08. The van der Waals surface area contributed by atoms with Gasteiger partial charge in [-0.25, -0.2) is 15.0 Å². The highest BCUT2D eigenvalue weighted by atomic mass is 32.1. The number of aromatic nitrogens is 5. The summed E-state index contributed by atoms with van der Waals surface area (Å²) in [6, 6.07) is 49.1. The van der Waals surface area contributed by atoms with Crippen LogP contribution in [0.3, 0.4) is 0 Å². The van der Waals surface area contributed by atoms with Gasteiger partial charge in [0.2, 0.25) is 0 Å². The zero-order valence-corrected chi connectivity index (χ0v) is 25.7. The van der Waals surface area contributed by atoms with Gasteiger partial charge in [-0.2, -0.15) is 0 Å². The van der Waals surface area contributed by atoms with E-state index in [2.05, 4.69) is 130 Å². The van der Waals surface area contributed by atoms with Crippen molar-refractivity contribution in [2.24, 2.45) is 0 Å². The van der Waals surface area contributed by atoms with E-state index in [-0.39, 0.29) is 0 Å². The predicted molar refractivity (Wildman–Crippen MR) is 196 cm³/mol. The number of rotatable bonds is 2. The molecule has 0 amide bonds. The molecule has 0 aliphatic rings. The third kappa shape index (κ3) is 3.34. The van der Waals surface area contributed by atoms with E-state index in [0.717, 1.165) is 55.4 Å². The van der Waals surface area contributed by atoms with E-state index in [1.54, 1.807) is 0 Å². The molecule has 0 fully saturated rings. The summed E-state index contributed by atoms with van der Waals surface area (Å²) in [5.41, 5.74) is 8.50. The van der Waals surface area contributed by atoms with E-state index in [4.69, 9.17) is 15.0 Å². The summed E-state index contributed by atoms with van der Waals surface area (Å²) in [5, 5.41) is 7.02. The lowest BCUT2D eigenvalue weighted by Crippen LogP contribution is -2.02. The lowest BCUT2D eigenvalue weighted by Gasteiger charge is -2.13. The Kier molecular flexibility index (Phi) is 4.93. The second-order valence-electron chi connectivity index (χ2n) is 12.0. The van der Waals surface area contributed by atoms with Crippen LogP contribution in [0.1, 0.15) is 0 Å². The molecule has 0 saturated carbocycles. The Balaban J connectivity index is 1.38. The first kappa shape index (κ1) is 25.1. The first-order valence-electron chi connectivity index (χ1n) is 15.7. The SMILES string of the molecule is c1ccc(-c2nc(-n3c4ccccc4c4ccc5c(sc6c7ccccc7c7nc8ccccc8n7c56)c43)c3ccccc3n2)cc1. The van der Waals surface area contributed by atoms with Crippen LogP contribution >= 0.6 is 11.3 Å². The van der Waals surface area contributed by atoms with E-state index in [1.165, 1.54) is 36.5 Å². The Morgan fingerprint density at radius 1 is 0.426 bits per heavy atom. The molecule has 11 aromatic rings. The maximum Gasteiger partial charge on any atom is 0.162 e. The number of para-hydroxylation sites is 4. The molecular formula is C41H23N5S. The molecule has 0 radical (unpaired) electrons. The van der Waals surface area contributed by atoms with Gasteiger partial charge in [0, 0.05) is 37.9 Å². The molecule has 0 atom stereocenters. The number of benzene rings is 6. The molecule has 0 saturated heterocycles. The molecule has 11 rings (SSSR count). The van der Waals surface area contributed by atoms with Crippen molar-refractivity contribution in [2.45, 2.75) is 0 Å². The Hall–Kier alpha value is -6.11. The van der Waals surface area contributed by atoms with Crippen molar-refractivity contribution in [3.63, 3.8) is 0 Å². The Morgan fingerprint density at radius 2 is 1.06 bits per heavy atom.